The van der Waals surface area contributed by atoms with Crippen LogP contribution < -0.4 is 5.32 Å². The van der Waals surface area contributed by atoms with E-state index in [1.165, 1.54) is 30.5 Å². The molecule has 1 heterocycles. The molecular weight excluding hydrogens is 325 g/mol. The maximum absolute atomic E-state index is 13.0. The summed E-state index contributed by atoms with van der Waals surface area (Å²) in [7, 11) is 0. The van der Waals surface area contributed by atoms with Crippen LogP contribution in [0.5, 0.6) is 0 Å². The fourth-order valence-electron chi connectivity index (χ4n) is 2.64. The predicted octanol–water partition coefficient (Wildman–Crippen LogP) is 2.68. The molecule has 6 nitrogen and oxygen atoms in total. The number of hydrogen-bond donors (Lipinski definition) is 2. The molecule has 2 aromatic rings. The number of rotatable bonds is 5. The second-order valence-electron chi connectivity index (χ2n) is 6.88. The van der Waals surface area contributed by atoms with Crippen LogP contribution >= 0.6 is 0 Å². The highest BCUT2D eigenvalue weighted by Gasteiger charge is 2.24. The van der Waals surface area contributed by atoms with Crippen LogP contribution in [0.4, 0.5) is 4.39 Å². The molecule has 1 atom stereocenters. The van der Waals surface area contributed by atoms with Crippen molar-refractivity contribution in [1.29, 1.82) is 0 Å². The van der Waals surface area contributed by atoms with Crippen molar-refractivity contribution in [3.05, 3.63) is 53.1 Å². The molecule has 1 aromatic carbocycles. The zero-order valence-corrected chi connectivity index (χ0v) is 14.7. The van der Waals surface area contributed by atoms with Gasteiger partial charge in [0.15, 0.2) is 0 Å². The number of carboxylic acids is 1. The zero-order chi connectivity index (χ0) is 18.8. The molecule has 1 aromatic heterocycles. The van der Waals surface area contributed by atoms with Gasteiger partial charge in [0.05, 0.1) is 23.2 Å². The molecule has 0 radical (unpaired) electrons. The lowest BCUT2D eigenvalue weighted by Gasteiger charge is -2.21. The molecule has 1 unspecified atom stereocenters. The van der Waals surface area contributed by atoms with Crippen molar-refractivity contribution in [1.82, 2.24) is 15.1 Å². The van der Waals surface area contributed by atoms with Gasteiger partial charge in [0, 0.05) is 12.2 Å². The summed E-state index contributed by atoms with van der Waals surface area (Å²) < 4.78 is 14.7. The minimum absolute atomic E-state index is 0.0973. The average molecular weight is 347 g/mol. The van der Waals surface area contributed by atoms with Crippen LogP contribution in [0, 0.1) is 12.7 Å². The molecule has 0 aliphatic heterocycles. The van der Waals surface area contributed by atoms with Gasteiger partial charge in [-0.1, -0.05) is 12.1 Å². The molecule has 0 aliphatic rings. The average Bonchev–Trinajstić information content (AvgIpc) is 2.90. The number of carbonyl (C=O) groups excluding carboxylic acids is 1. The first-order valence-electron chi connectivity index (χ1n) is 7.93. The third kappa shape index (κ3) is 4.23. The molecule has 0 bridgehead atoms. The largest absolute Gasteiger partial charge is 0.481 e. The number of carbonyl (C=O) groups is 2. The lowest BCUT2D eigenvalue weighted by atomic mass is 9.99. The summed E-state index contributed by atoms with van der Waals surface area (Å²) in [5.41, 5.74) is 1.27. The molecule has 25 heavy (non-hydrogen) atoms. The van der Waals surface area contributed by atoms with Gasteiger partial charge in [0.1, 0.15) is 5.82 Å². The first-order chi connectivity index (χ1) is 11.6. The molecule has 0 spiro atoms. The van der Waals surface area contributed by atoms with E-state index in [4.69, 9.17) is 0 Å². The van der Waals surface area contributed by atoms with Gasteiger partial charge in [-0.2, -0.15) is 5.10 Å². The van der Waals surface area contributed by atoms with E-state index in [0.717, 1.165) is 0 Å². The van der Waals surface area contributed by atoms with Crippen molar-refractivity contribution in [2.45, 2.75) is 39.2 Å². The number of nitrogens with zero attached hydrogens (tertiary/aromatic N) is 2. The molecule has 1 amide bonds. The number of nitrogens with one attached hydrogen (secondary N) is 1. The molecule has 134 valence electrons. The van der Waals surface area contributed by atoms with Gasteiger partial charge in [-0.25, -0.2) is 4.39 Å². The summed E-state index contributed by atoms with van der Waals surface area (Å²) in [6.07, 6.45) is 1.48. The highest BCUT2D eigenvalue weighted by atomic mass is 19.1. The van der Waals surface area contributed by atoms with Crippen molar-refractivity contribution in [2.24, 2.45) is 0 Å². The quantitative estimate of drug-likeness (QED) is 0.871. The Balaban J connectivity index is 2.13. The fraction of sp³-hybridized carbons (Fsp3) is 0.389. The summed E-state index contributed by atoms with van der Waals surface area (Å²) in [5, 5.41) is 16.3. The molecule has 0 aliphatic carbocycles. The maximum atomic E-state index is 13.0. The highest BCUT2D eigenvalue weighted by Crippen LogP contribution is 2.19. The van der Waals surface area contributed by atoms with E-state index in [1.54, 1.807) is 11.6 Å². The number of carboxylic acid groups (broad SMARTS) is 1. The van der Waals surface area contributed by atoms with Gasteiger partial charge in [-0.3, -0.25) is 14.3 Å². The predicted molar refractivity (Wildman–Crippen MR) is 91.1 cm³/mol. The number of aliphatic carboxylic acids is 1. The van der Waals surface area contributed by atoms with Crippen molar-refractivity contribution >= 4 is 11.9 Å². The minimum Gasteiger partial charge on any atom is -0.481 e. The molecule has 0 saturated carbocycles. The number of halogens is 1. The summed E-state index contributed by atoms with van der Waals surface area (Å²) in [6.45, 7) is 7.62. The van der Waals surface area contributed by atoms with Crippen molar-refractivity contribution in [2.75, 3.05) is 6.54 Å². The van der Waals surface area contributed by atoms with Crippen LogP contribution in [0.15, 0.2) is 30.5 Å². The summed E-state index contributed by atoms with van der Waals surface area (Å²) >= 11 is 0. The van der Waals surface area contributed by atoms with Crippen LogP contribution in [-0.2, 0) is 10.3 Å². The van der Waals surface area contributed by atoms with Crippen molar-refractivity contribution in [3.63, 3.8) is 0 Å². The summed E-state index contributed by atoms with van der Waals surface area (Å²) in [5.74, 6) is -2.87. The van der Waals surface area contributed by atoms with E-state index in [2.05, 4.69) is 10.4 Å². The molecule has 2 rings (SSSR count). The normalized spacial score (nSPS) is 12.7. The maximum Gasteiger partial charge on any atom is 0.312 e. The molecular formula is C18H22FN3O3. The van der Waals surface area contributed by atoms with E-state index >= 15 is 0 Å². The Kier molecular flexibility index (Phi) is 5.25. The monoisotopic (exact) mass is 347 g/mol. The van der Waals surface area contributed by atoms with E-state index in [0.29, 0.717) is 16.8 Å². The Labute approximate surface area is 145 Å². The van der Waals surface area contributed by atoms with Crippen LogP contribution in [0.1, 0.15) is 48.3 Å². The lowest BCUT2D eigenvalue weighted by Crippen LogP contribution is -2.32. The van der Waals surface area contributed by atoms with Gasteiger partial charge >= 0.3 is 5.97 Å². The summed E-state index contributed by atoms with van der Waals surface area (Å²) in [4.78, 5) is 23.9. The Morgan fingerprint density at radius 2 is 1.88 bits per heavy atom. The Morgan fingerprint density at radius 3 is 2.36 bits per heavy atom. The zero-order valence-electron chi connectivity index (χ0n) is 14.7. The van der Waals surface area contributed by atoms with Crippen LogP contribution in [0.25, 0.3) is 0 Å². The first kappa shape index (κ1) is 18.6. The van der Waals surface area contributed by atoms with E-state index in [1.807, 2.05) is 20.8 Å². The Bertz CT molecular complexity index is 776. The molecule has 2 N–H and O–H groups in total. The van der Waals surface area contributed by atoms with Crippen LogP contribution in [-0.4, -0.2) is 33.3 Å². The van der Waals surface area contributed by atoms with Crippen LogP contribution in [0.3, 0.4) is 0 Å². The van der Waals surface area contributed by atoms with Gasteiger partial charge in [-0.05, 0) is 45.4 Å². The Hall–Kier alpha value is -2.70. The topological polar surface area (TPSA) is 84.2 Å². The third-order valence-electron chi connectivity index (χ3n) is 3.93. The first-order valence-corrected chi connectivity index (χ1v) is 7.93. The minimum atomic E-state index is -1.09. The number of hydrogen-bond acceptors (Lipinski definition) is 3. The Morgan fingerprint density at radius 1 is 1.28 bits per heavy atom. The van der Waals surface area contributed by atoms with Crippen molar-refractivity contribution in [3.8, 4) is 0 Å². The smallest absolute Gasteiger partial charge is 0.312 e. The third-order valence-corrected chi connectivity index (χ3v) is 3.93. The van der Waals surface area contributed by atoms with Gasteiger partial charge < -0.3 is 10.4 Å². The van der Waals surface area contributed by atoms with E-state index < -0.39 is 17.7 Å². The van der Waals surface area contributed by atoms with E-state index in [9.17, 15) is 19.1 Å². The van der Waals surface area contributed by atoms with Crippen molar-refractivity contribution < 1.29 is 19.1 Å². The highest BCUT2D eigenvalue weighted by molar-refractivity contribution is 5.95. The fourth-order valence-corrected chi connectivity index (χ4v) is 2.64. The standard InChI is InChI=1S/C18H22FN3O3/c1-11-14(10-21-22(11)18(2,3)4)16(23)20-9-15(17(24)25)12-5-7-13(19)8-6-12/h5-8,10,15H,9H2,1-4H3,(H,20,23)(H,24,25). The van der Waals surface area contributed by atoms with Crippen LogP contribution in [0.2, 0.25) is 0 Å². The number of amides is 1. The number of benzene rings is 1. The number of aromatic nitrogens is 2. The second kappa shape index (κ2) is 7.04. The lowest BCUT2D eigenvalue weighted by molar-refractivity contribution is -0.138. The molecule has 0 saturated heterocycles. The molecule has 7 heteroatoms. The SMILES string of the molecule is Cc1c(C(=O)NCC(C(=O)O)c2ccc(F)cc2)cnn1C(C)(C)C. The van der Waals surface area contributed by atoms with Gasteiger partial charge in [0.25, 0.3) is 5.91 Å². The summed E-state index contributed by atoms with van der Waals surface area (Å²) in [6, 6.07) is 5.21. The van der Waals surface area contributed by atoms with Gasteiger partial charge in [-0.15, -0.1) is 0 Å². The van der Waals surface area contributed by atoms with Gasteiger partial charge in [0.2, 0.25) is 0 Å². The molecule has 0 fully saturated rings. The second-order valence-corrected chi connectivity index (χ2v) is 6.88. The van der Waals surface area contributed by atoms with E-state index in [-0.39, 0.29) is 18.0 Å².